The van der Waals surface area contributed by atoms with Gasteiger partial charge in [-0.05, 0) is 37.5 Å². The molecule has 7 heteroatoms. The Bertz CT molecular complexity index is 835. The highest BCUT2D eigenvalue weighted by molar-refractivity contribution is 7.91. The minimum atomic E-state index is -3.37. The largest absolute Gasteiger partial charge is 0.351 e. The zero-order valence-electron chi connectivity index (χ0n) is 14.2. The highest BCUT2D eigenvalue weighted by Crippen LogP contribution is 2.27. The number of rotatable bonds is 6. The molecule has 25 heavy (non-hydrogen) atoms. The summed E-state index contributed by atoms with van der Waals surface area (Å²) < 4.78 is 26.9. The summed E-state index contributed by atoms with van der Waals surface area (Å²) in [5.41, 5.74) is 2.13. The molecular weight excluding hydrogens is 356 g/mol. The zero-order valence-corrected chi connectivity index (χ0v) is 15.8. The summed E-state index contributed by atoms with van der Waals surface area (Å²) in [6.07, 6.45) is 2.17. The molecule has 1 aromatic heterocycles. The van der Waals surface area contributed by atoms with E-state index in [2.05, 4.69) is 5.32 Å². The number of sulfonamides is 1. The van der Waals surface area contributed by atoms with E-state index in [0.717, 1.165) is 28.8 Å². The number of thiophene rings is 1. The van der Waals surface area contributed by atoms with Crippen molar-refractivity contribution in [3.8, 4) is 0 Å². The molecule has 0 atom stereocenters. The Kier molecular flexibility index (Phi) is 5.56. The van der Waals surface area contributed by atoms with Crippen LogP contribution in [0.5, 0.6) is 0 Å². The molecule has 5 nitrogen and oxygen atoms in total. The van der Waals surface area contributed by atoms with E-state index >= 15 is 0 Å². The van der Waals surface area contributed by atoms with Crippen molar-refractivity contribution in [2.45, 2.75) is 36.9 Å². The van der Waals surface area contributed by atoms with Crippen LogP contribution in [0.4, 0.5) is 0 Å². The molecule has 0 saturated carbocycles. The normalized spacial score (nSPS) is 15.4. The first-order valence-corrected chi connectivity index (χ1v) is 10.6. The molecule has 0 aliphatic carbocycles. The highest BCUT2D eigenvalue weighted by atomic mass is 32.2. The number of nitrogens with one attached hydrogen (secondary N) is 1. The standard InChI is InChI=1S/C18H22N2O3S2/c1-14-4-6-15(7-5-14)12-17(21)19-13-16-8-9-18(24-16)25(22,23)20-10-2-3-11-20/h4-9H,2-3,10-13H2,1H3,(H,19,21). The number of amides is 1. The highest BCUT2D eigenvalue weighted by Gasteiger charge is 2.28. The molecule has 1 fully saturated rings. The van der Waals surface area contributed by atoms with E-state index < -0.39 is 10.0 Å². The Morgan fingerprint density at radius 3 is 2.48 bits per heavy atom. The van der Waals surface area contributed by atoms with Gasteiger partial charge in [-0.1, -0.05) is 29.8 Å². The van der Waals surface area contributed by atoms with E-state index in [1.807, 2.05) is 31.2 Å². The van der Waals surface area contributed by atoms with E-state index in [9.17, 15) is 13.2 Å². The van der Waals surface area contributed by atoms with Crippen LogP contribution in [0, 0.1) is 6.92 Å². The van der Waals surface area contributed by atoms with Gasteiger partial charge in [-0.15, -0.1) is 11.3 Å². The lowest BCUT2D eigenvalue weighted by molar-refractivity contribution is -0.120. The molecule has 0 bridgehead atoms. The van der Waals surface area contributed by atoms with Crippen LogP contribution < -0.4 is 5.32 Å². The van der Waals surface area contributed by atoms with Gasteiger partial charge in [-0.3, -0.25) is 4.79 Å². The Balaban J connectivity index is 1.56. The van der Waals surface area contributed by atoms with E-state index in [1.54, 1.807) is 16.4 Å². The summed E-state index contributed by atoms with van der Waals surface area (Å²) in [6, 6.07) is 11.3. The predicted octanol–water partition coefficient (Wildman–Crippen LogP) is 2.70. The molecule has 1 amide bonds. The maximum absolute atomic E-state index is 12.5. The SMILES string of the molecule is Cc1ccc(CC(=O)NCc2ccc(S(=O)(=O)N3CCCC3)s2)cc1. The molecule has 134 valence electrons. The molecule has 0 radical (unpaired) electrons. The van der Waals surface area contributed by atoms with Crippen molar-refractivity contribution < 1.29 is 13.2 Å². The maximum Gasteiger partial charge on any atom is 0.252 e. The van der Waals surface area contributed by atoms with Crippen molar-refractivity contribution in [2.24, 2.45) is 0 Å². The van der Waals surface area contributed by atoms with Crippen LogP contribution in [0.3, 0.4) is 0 Å². The van der Waals surface area contributed by atoms with Crippen LogP contribution in [0.1, 0.15) is 28.8 Å². The van der Waals surface area contributed by atoms with Crippen LogP contribution in [-0.4, -0.2) is 31.7 Å². The minimum Gasteiger partial charge on any atom is -0.351 e. The summed E-state index contributed by atoms with van der Waals surface area (Å²) in [7, 11) is -3.37. The Hall–Kier alpha value is -1.70. The van der Waals surface area contributed by atoms with Crippen LogP contribution in [0.2, 0.25) is 0 Å². The Labute approximate surface area is 152 Å². The van der Waals surface area contributed by atoms with Crippen LogP contribution in [0.25, 0.3) is 0 Å². The van der Waals surface area contributed by atoms with Crippen molar-refractivity contribution in [1.82, 2.24) is 9.62 Å². The van der Waals surface area contributed by atoms with Crippen LogP contribution in [0.15, 0.2) is 40.6 Å². The molecule has 2 aromatic rings. The van der Waals surface area contributed by atoms with Gasteiger partial charge in [0, 0.05) is 18.0 Å². The van der Waals surface area contributed by atoms with Crippen molar-refractivity contribution in [3.05, 3.63) is 52.4 Å². The first kappa shape index (κ1) is 18.1. The zero-order chi connectivity index (χ0) is 17.9. The van der Waals surface area contributed by atoms with Crippen molar-refractivity contribution >= 4 is 27.3 Å². The second kappa shape index (κ2) is 7.68. The Morgan fingerprint density at radius 2 is 1.80 bits per heavy atom. The van der Waals surface area contributed by atoms with Gasteiger partial charge in [0.15, 0.2) is 0 Å². The average molecular weight is 379 g/mol. The molecule has 1 aromatic carbocycles. The molecule has 3 rings (SSSR count). The lowest BCUT2D eigenvalue weighted by Gasteiger charge is -2.13. The third-order valence-electron chi connectivity index (χ3n) is 4.24. The number of aryl methyl sites for hydroxylation is 1. The lowest BCUT2D eigenvalue weighted by Crippen LogP contribution is -2.27. The number of carbonyl (C=O) groups excluding carboxylic acids is 1. The Morgan fingerprint density at radius 1 is 1.12 bits per heavy atom. The van der Waals surface area contributed by atoms with Crippen molar-refractivity contribution in [3.63, 3.8) is 0 Å². The fraction of sp³-hybridized carbons (Fsp3) is 0.389. The third kappa shape index (κ3) is 4.48. The number of carbonyl (C=O) groups is 1. The monoisotopic (exact) mass is 378 g/mol. The van der Waals surface area contributed by atoms with Crippen LogP contribution >= 0.6 is 11.3 Å². The second-order valence-electron chi connectivity index (χ2n) is 6.27. The van der Waals surface area contributed by atoms with Gasteiger partial charge in [0.2, 0.25) is 5.91 Å². The van der Waals surface area contributed by atoms with E-state index in [0.29, 0.717) is 30.3 Å². The molecule has 0 spiro atoms. The first-order chi connectivity index (χ1) is 11.9. The molecule has 1 aliphatic rings. The fourth-order valence-electron chi connectivity index (χ4n) is 2.79. The van der Waals surface area contributed by atoms with Gasteiger partial charge < -0.3 is 5.32 Å². The third-order valence-corrected chi connectivity index (χ3v) is 7.69. The first-order valence-electron chi connectivity index (χ1n) is 8.36. The van der Waals surface area contributed by atoms with Gasteiger partial charge in [0.25, 0.3) is 10.0 Å². The smallest absolute Gasteiger partial charge is 0.252 e. The summed E-state index contributed by atoms with van der Waals surface area (Å²) in [6.45, 7) is 3.56. The minimum absolute atomic E-state index is 0.0683. The van der Waals surface area contributed by atoms with Gasteiger partial charge in [-0.2, -0.15) is 4.31 Å². The molecule has 1 N–H and O–H groups in total. The van der Waals surface area contributed by atoms with Crippen molar-refractivity contribution in [2.75, 3.05) is 13.1 Å². The van der Waals surface area contributed by atoms with Gasteiger partial charge in [-0.25, -0.2) is 8.42 Å². The number of hydrogen-bond acceptors (Lipinski definition) is 4. The van der Waals surface area contributed by atoms with E-state index in [4.69, 9.17) is 0 Å². The van der Waals surface area contributed by atoms with Crippen LogP contribution in [-0.2, 0) is 27.8 Å². The molecular formula is C18H22N2O3S2. The summed E-state index contributed by atoms with van der Waals surface area (Å²) in [5, 5.41) is 2.86. The second-order valence-corrected chi connectivity index (χ2v) is 9.60. The van der Waals surface area contributed by atoms with Crippen molar-refractivity contribution in [1.29, 1.82) is 0 Å². The predicted molar refractivity (Wildman–Crippen MR) is 99.0 cm³/mol. The number of nitrogens with zero attached hydrogens (tertiary/aromatic N) is 1. The van der Waals surface area contributed by atoms with E-state index in [1.165, 1.54) is 11.3 Å². The average Bonchev–Trinajstić information content (AvgIpc) is 3.27. The lowest BCUT2D eigenvalue weighted by atomic mass is 10.1. The maximum atomic E-state index is 12.5. The number of benzene rings is 1. The topological polar surface area (TPSA) is 66.5 Å². The summed E-state index contributed by atoms with van der Waals surface area (Å²) in [4.78, 5) is 12.9. The molecule has 2 heterocycles. The molecule has 0 unspecified atom stereocenters. The molecule has 1 saturated heterocycles. The van der Waals surface area contributed by atoms with Gasteiger partial charge in [0.1, 0.15) is 4.21 Å². The van der Waals surface area contributed by atoms with Gasteiger partial charge in [0.05, 0.1) is 13.0 Å². The summed E-state index contributed by atoms with van der Waals surface area (Å²) >= 11 is 1.23. The number of hydrogen-bond donors (Lipinski definition) is 1. The quantitative estimate of drug-likeness (QED) is 0.840. The summed E-state index contributed by atoms with van der Waals surface area (Å²) in [5.74, 6) is -0.0683. The van der Waals surface area contributed by atoms with E-state index in [-0.39, 0.29) is 5.91 Å². The van der Waals surface area contributed by atoms with Gasteiger partial charge >= 0.3 is 0 Å². The molecule has 1 aliphatic heterocycles. The fourth-order valence-corrected chi connectivity index (χ4v) is 5.75.